The monoisotopic (exact) mass is 453 g/mol. The van der Waals surface area contributed by atoms with Crippen molar-refractivity contribution in [3.05, 3.63) is 75.2 Å². The first kappa shape index (κ1) is 23.3. The van der Waals surface area contributed by atoms with Crippen LogP contribution in [0, 0.1) is 20.8 Å². The second kappa shape index (κ2) is 10.8. The van der Waals surface area contributed by atoms with Crippen LogP contribution in [0.3, 0.4) is 0 Å². The third-order valence-electron chi connectivity index (χ3n) is 4.91. The molecule has 0 bridgehead atoms. The molecule has 0 aliphatic heterocycles. The highest BCUT2D eigenvalue weighted by molar-refractivity contribution is 7.99. The lowest BCUT2D eigenvalue weighted by molar-refractivity contribution is -0.122. The van der Waals surface area contributed by atoms with Gasteiger partial charge in [0, 0.05) is 12.2 Å². The van der Waals surface area contributed by atoms with Gasteiger partial charge in [0.05, 0.1) is 12.3 Å². The molecule has 0 aliphatic carbocycles. The number of benzene rings is 2. The zero-order chi connectivity index (χ0) is 23.1. The van der Waals surface area contributed by atoms with Crippen LogP contribution in [0.4, 0.5) is 5.69 Å². The summed E-state index contributed by atoms with van der Waals surface area (Å²) >= 11 is 1.15. The maximum absolute atomic E-state index is 12.3. The van der Waals surface area contributed by atoms with Gasteiger partial charge in [0.1, 0.15) is 0 Å². The van der Waals surface area contributed by atoms with Crippen LogP contribution in [0.15, 0.2) is 52.4 Å². The molecule has 0 spiro atoms. The van der Waals surface area contributed by atoms with Crippen molar-refractivity contribution in [3.63, 3.8) is 0 Å². The number of aromatic nitrogens is 3. The standard InChI is InChI=1S/C23H27N5O3S/c1-15-11-16(2)21(17(3)12-15)25-19(29)13-24-20(30)14-32-23-27-26-22(31)28(23)10-9-18-7-5-4-6-8-18/h4-8,11-12H,9-10,13-14H2,1-3H3,(H,24,30)(H,25,29)(H,26,31). The van der Waals surface area contributed by atoms with E-state index in [-0.39, 0.29) is 29.8 Å². The SMILES string of the molecule is Cc1cc(C)c(NC(=O)CNC(=O)CSc2n[nH]c(=O)n2CCc2ccccc2)c(C)c1. The fraction of sp³-hybridized carbons (Fsp3) is 0.304. The highest BCUT2D eigenvalue weighted by atomic mass is 32.2. The Morgan fingerprint density at radius 1 is 1.06 bits per heavy atom. The molecule has 0 atom stereocenters. The van der Waals surface area contributed by atoms with Gasteiger partial charge in [-0.1, -0.05) is 59.8 Å². The predicted molar refractivity (Wildman–Crippen MR) is 126 cm³/mol. The maximum atomic E-state index is 12.3. The van der Waals surface area contributed by atoms with Crippen LogP contribution >= 0.6 is 11.8 Å². The minimum atomic E-state index is -0.313. The molecule has 0 unspecified atom stereocenters. The average Bonchev–Trinajstić information content (AvgIpc) is 3.12. The van der Waals surface area contributed by atoms with E-state index in [2.05, 4.69) is 20.8 Å². The van der Waals surface area contributed by atoms with Crippen molar-refractivity contribution in [2.75, 3.05) is 17.6 Å². The third-order valence-corrected chi connectivity index (χ3v) is 5.89. The van der Waals surface area contributed by atoms with Gasteiger partial charge in [-0.15, -0.1) is 5.10 Å². The van der Waals surface area contributed by atoms with Gasteiger partial charge in [0.15, 0.2) is 5.16 Å². The first-order chi connectivity index (χ1) is 15.3. The Bertz CT molecular complexity index is 1130. The number of nitrogens with zero attached hydrogens (tertiary/aromatic N) is 2. The van der Waals surface area contributed by atoms with E-state index in [1.165, 1.54) is 4.57 Å². The molecule has 3 N–H and O–H groups in total. The molecule has 9 heteroatoms. The fourth-order valence-electron chi connectivity index (χ4n) is 3.42. The summed E-state index contributed by atoms with van der Waals surface area (Å²) in [6, 6.07) is 13.8. The second-order valence-corrected chi connectivity index (χ2v) is 8.53. The smallest absolute Gasteiger partial charge is 0.343 e. The molecule has 168 valence electrons. The second-order valence-electron chi connectivity index (χ2n) is 7.59. The zero-order valence-electron chi connectivity index (χ0n) is 18.4. The van der Waals surface area contributed by atoms with Gasteiger partial charge in [-0.3, -0.25) is 14.2 Å². The van der Waals surface area contributed by atoms with E-state index in [1.807, 2.05) is 63.2 Å². The van der Waals surface area contributed by atoms with Gasteiger partial charge < -0.3 is 10.6 Å². The summed E-state index contributed by atoms with van der Waals surface area (Å²) in [6.07, 6.45) is 0.679. The number of H-pyrrole nitrogens is 1. The number of aromatic amines is 1. The van der Waals surface area contributed by atoms with E-state index in [1.54, 1.807) is 0 Å². The number of amides is 2. The van der Waals surface area contributed by atoms with E-state index in [0.29, 0.717) is 18.1 Å². The fourth-order valence-corrected chi connectivity index (χ4v) is 4.22. The summed E-state index contributed by atoms with van der Waals surface area (Å²) < 4.78 is 1.51. The Morgan fingerprint density at radius 2 is 1.75 bits per heavy atom. The third kappa shape index (κ3) is 6.34. The van der Waals surface area contributed by atoms with E-state index >= 15 is 0 Å². The Kier molecular flexibility index (Phi) is 7.88. The van der Waals surface area contributed by atoms with E-state index in [9.17, 15) is 14.4 Å². The van der Waals surface area contributed by atoms with Crippen molar-refractivity contribution in [2.24, 2.45) is 0 Å². The molecule has 0 fully saturated rings. The van der Waals surface area contributed by atoms with Gasteiger partial charge in [-0.05, 0) is 43.9 Å². The van der Waals surface area contributed by atoms with Crippen LogP contribution in [0.2, 0.25) is 0 Å². The Morgan fingerprint density at radius 3 is 2.44 bits per heavy atom. The number of anilines is 1. The quantitative estimate of drug-likeness (QED) is 0.432. The number of carbonyl (C=O) groups is 2. The van der Waals surface area contributed by atoms with Gasteiger partial charge in [-0.25, -0.2) is 9.89 Å². The Hall–Kier alpha value is -3.33. The molecule has 3 rings (SSSR count). The zero-order valence-corrected chi connectivity index (χ0v) is 19.2. The average molecular weight is 454 g/mol. The van der Waals surface area contributed by atoms with Crippen molar-refractivity contribution in [2.45, 2.75) is 38.9 Å². The van der Waals surface area contributed by atoms with Crippen LogP contribution in [0.1, 0.15) is 22.3 Å². The Balaban J connectivity index is 1.48. The summed E-state index contributed by atoms with van der Waals surface area (Å²) in [5, 5.41) is 12.3. The van der Waals surface area contributed by atoms with E-state index in [0.717, 1.165) is 39.7 Å². The van der Waals surface area contributed by atoms with Gasteiger partial charge >= 0.3 is 5.69 Å². The molecule has 0 aliphatic rings. The molecule has 0 radical (unpaired) electrons. The number of carbonyl (C=O) groups excluding carboxylic acids is 2. The van der Waals surface area contributed by atoms with Gasteiger partial charge in [0.25, 0.3) is 0 Å². The van der Waals surface area contributed by atoms with Crippen molar-refractivity contribution in [1.82, 2.24) is 20.1 Å². The molecule has 2 aromatic carbocycles. The number of rotatable bonds is 9. The lowest BCUT2D eigenvalue weighted by Gasteiger charge is -2.13. The molecule has 0 saturated heterocycles. The lowest BCUT2D eigenvalue weighted by Crippen LogP contribution is -2.34. The van der Waals surface area contributed by atoms with Crippen LogP contribution in [-0.4, -0.2) is 38.9 Å². The molecular weight excluding hydrogens is 426 g/mol. The normalized spacial score (nSPS) is 10.7. The first-order valence-electron chi connectivity index (χ1n) is 10.3. The van der Waals surface area contributed by atoms with E-state index < -0.39 is 0 Å². The molecule has 1 aromatic heterocycles. The molecule has 2 amide bonds. The number of aryl methyl sites for hydroxylation is 4. The molecule has 8 nitrogen and oxygen atoms in total. The summed E-state index contributed by atoms with van der Waals surface area (Å²) in [7, 11) is 0. The minimum absolute atomic E-state index is 0.0471. The van der Waals surface area contributed by atoms with Crippen molar-refractivity contribution >= 4 is 29.3 Å². The van der Waals surface area contributed by atoms with Gasteiger partial charge in [-0.2, -0.15) is 0 Å². The van der Waals surface area contributed by atoms with Gasteiger partial charge in [0.2, 0.25) is 11.8 Å². The van der Waals surface area contributed by atoms with Crippen molar-refractivity contribution in [3.8, 4) is 0 Å². The first-order valence-corrected chi connectivity index (χ1v) is 11.3. The van der Waals surface area contributed by atoms with Crippen LogP contribution < -0.4 is 16.3 Å². The van der Waals surface area contributed by atoms with Crippen LogP contribution in [0.25, 0.3) is 0 Å². The predicted octanol–water partition coefficient (Wildman–Crippen LogP) is 2.59. The van der Waals surface area contributed by atoms with Crippen molar-refractivity contribution < 1.29 is 9.59 Å². The highest BCUT2D eigenvalue weighted by Crippen LogP contribution is 2.21. The molecule has 1 heterocycles. The lowest BCUT2D eigenvalue weighted by atomic mass is 10.1. The largest absolute Gasteiger partial charge is 0.346 e. The maximum Gasteiger partial charge on any atom is 0.343 e. The highest BCUT2D eigenvalue weighted by Gasteiger charge is 2.13. The summed E-state index contributed by atoms with van der Waals surface area (Å²) in [6.45, 7) is 6.20. The number of nitrogens with one attached hydrogen (secondary N) is 3. The summed E-state index contributed by atoms with van der Waals surface area (Å²) in [5.41, 5.74) is 4.65. The van der Waals surface area contributed by atoms with E-state index in [4.69, 9.17) is 0 Å². The number of thioether (sulfide) groups is 1. The topological polar surface area (TPSA) is 109 Å². The summed E-state index contributed by atoms with van der Waals surface area (Å²) in [4.78, 5) is 36.5. The van der Waals surface area contributed by atoms with Crippen LogP contribution in [0.5, 0.6) is 0 Å². The minimum Gasteiger partial charge on any atom is -0.346 e. The van der Waals surface area contributed by atoms with Crippen LogP contribution in [-0.2, 0) is 22.6 Å². The molecular formula is C23H27N5O3S. The molecule has 32 heavy (non-hydrogen) atoms. The number of hydrogen-bond acceptors (Lipinski definition) is 5. The Labute approximate surface area is 190 Å². The molecule has 0 saturated carbocycles. The van der Waals surface area contributed by atoms with Crippen molar-refractivity contribution in [1.29, 1.82) is 0 Å². The number of hydrogen-bond donors (Lipinski definition) is 3. The molecule has 3 aromatic rings. The summed E-state index contributed by atoms with van der Waals surface area (Å²) in [5.74, 6) is -0.559.